The maximum Gasteiger partial charge on any atom is 0.283 e. The van der Waals surface area contributed by atoms with Gasteiger partial charge in [0, 0.05) is 6.04 Å². The standard InChI is InChI=1S/C11H19NOS/c1-8(2)12-11(13)14-10-6-4-5-9(3)7-10/h7-9H,4-6H2,1-3H3,(H,12,13)/t9-/m1/s1. The molecule has 3 heteroatoms. The highest BCUT2D eigenvalue weighted by Crippen LogP contribution is 2.30. The molecule has 1 atom stereocenters. The number of rotatable bonds is 2. The van der Waals surface area contributed by atoms with Gasteiger partial charge in [0.05, 0.1) is 0 Å². The highest BCUT2D eigenvalue weighted by atomic mass is 32.2. The Balaban J connectivity index is 2.39. The number of amides is 1. The van der Waals surface area contributed by atoms with E-state index >= 15 is 0 Å². The molecule has 0 aromatic carbocycles. The normalized spacial score (nSPS) is 22.0. The van der Waals surface area contributed by atoms with E-state index in [2.05, 4.69) is 18.3 Å². The molecule has 0 aliphatic heterocycles. The van der Waals surface area contributed by atoms with E-state index in [-0.39, 0.29) is 11.3 Å². The van der Waals surface area contributed by atoms with Gasteiger partial charge in [-0.3, -0.25) is 4.79 Å². The average molecular weight is 213 g/mol. The van der Waals surface area contributed by atoms with Crippen molar-refractivity contribution >= 4 is 17.0 Å². The molecule has 1 N–H and O–H groups in total. The van der Waals surface area contributed by atoms with Crippen molar-refractivity contribution in [3.05, 3.63) is 11.0 Å². The number of carbonyl (C=O) groups is 1. The van der Waals surface area contributed by atoms with Crippen LogP contribution in [0.1, 0.15) is 40.0 Å². The summed E-state index contributed by atoms with van der Waals surface area (Å²) >= 11 is 1.36. The van der Waals surface area contributed by atoms with E-state index in [0.29, 0.717) is 5.92 Å². The van der Waals surface area contributed by atoms with Crippen molar-refractivity contribution in [3.8, 4) is 0 Å². The minimum Gasteiger partial charge on any atom is -0.345 e. The Morgan fingerprint density at radius 1 is 1.64 bits per heavy atom. The van der Waals surface area contributed by atoms with Crippen molar-refractivity contribution in [2.45, 2.75) is 46.1 Å². The molecule has 1 rings (SSSR count). The predicted molar refractivity (Wildman–Crippen MR) is 62.4 cm³/mol. The van der Waals surface area contributed by atoms with Crippen molar-refractivity contribution in [2.24, 2.45) is 5.92 Å². The lowest BCUT2D eigenvalue weighted by molar-refractivity contribution is 0.259. The zero-order chi connectivity index (χ0) is 10.6. The van der Waals surface area contributed by atoms with E-state index < -0.39 is 0 Å². The molecule has 0 aromatic rings. The molecule has 0 saturated carbocycles. The Labute approximate surface area is 90.5 Å². The quantitative estimate of drug-likeness (QED) is 0.760. The van der Waals surface area contributed by atoms with Crippen LogP contribution < -0.4 is 5.32 Å². The van der Waals surface area contributed by atoms with Crippen LogP contribution in [-0.2, 0) is 0 Å². The van der Waals surface area contributed by atoms with Crippen LogP contribution >= 0.6 is 11.8 Å². The van der Waals surface area contributed by atoms with Crippen molar-refractivity contribution in [2.75, 3.05) is 0 Å². The Bertz CT molecular complexity index is 235. The molecule has 0 bridgehead atoms. The third-order valence-corrected chi connectivity index (χ3v) is 3.09. The fourth-order valence-corrected chi connectivity index (χ4v) is 2.63. The minimum absolute atomic E-state index is 0.0837. The zero-order valence-corrected chi connectivity index (χ0v) is 9.99. The Hall–Kier alpha value is -0.440. The molecular weight excluding hydrogens is 194 g/mol. The van der Waals surface area contributed by atoms with Gasteiger partial charge in [0.1, 0.15) is 0 Å². The van der Waals surface area contributed by atoms with Gasteiger partial charge in [-0.1, -0.05) is 13.0 Å². The first kappa shape index (κ1) is 11.6. The molecule has 1 amide bonds. The van der Waals surface area contributed by atoms with Gasteiger partial charge >= 0.3 is 0 Å². The molecule has 0 heterocycles. The Morgan fingerprint density at radius 3 is 2.93 bits per heavy atom. The summed E-state index contributed by atoms with van der Waals surface area (Å²) in [5.74, 6) is 0.637. The number of allylic oxidation sites excluding steroid dienone is 2. The van der Waals surface area contributed by atoms with Crippen LogP contribution in [0.15, 0.2) is 11.0 Å². The first-order chi connectivity index (χ1) is 6.58. The number of hydrogen-bond donors (Lipinski definition) is 1. The van der Waals surface area contributed by atoms with E-state index in [0.717, 1.165) is 6.42 Å². The van der Waals surface area contributed by atoms with Crippen molar-refractivity contribution in [3.63, 3.8) is 0 Å². The maximum absolute atomic E-state index is 11.4. The smallest absolute Gasteiger partial charge is 0.283 e. The van der Waals surface area contributed by atoms with Crippen molar-refractivity contribution in [1.82, 2.24) is 5.32 Å². The lowest BCUT2D eigenvalue weighted by Crippen LogP contribution is -2.26. The third kappa shape index (κ3) is 4.18. The molecule has 0 aromatic heterocycles. The molecule has 14 heavy (non-hydrogen) atoms. The van der Waals surface area contributed by atoms with Crippen molar-refractivity contribution < 1.29 is 4.79 Å². The SMILES string of the molecule is CC(C)NC(=O)SC1=C[C@H](C)CCC1. The summed E-state index contributed by atoms with van der Waals surface area (Å²) in [5, 5.41) is 2.97. The van der Waals surface area contributed by atoms with Gasteiger partial charge in [-0.15, -0.1) is 0 Å². The zero-order valence-electron chi connectivity index (χ0n) is 9.17. The summed E-state index contributed by atoms with van der Waals surface area (Å²) in [5.41, 5.74) is 0. The van der Waals surface area contributed by atoms with Crippen LogP contribution in [0.2, 0.25) is 0 Å². The van der Waals surface area contributed by atoms with Gasteiger partial charge in [-0.05, 0) is 55.7 Å². The molecule has 1 aliphatic rings. The van der Waals surface area contributed by atoms with E-state index in [1.165, 1.54) is 29.5 Å². The first-order valence-corrected chi connectivity index (χ1v) is 6.08. The summed E-state index contributed by atoms with van der Waals surface area (Å²) < 4.78 is 0. The minimum atomic E-state index is 0.0837. The summed E-state index contributed by atoms with van der Waals surface area (Å²) in [6, 6.07) is 0.233. The number of hydrogen-bond acceptors (Lipinski definition) is 2. The van der Waals surface area contributed by atoms with Crippen LogP contribution in [0.25, 0.3) is 0 Å². The van der Waals surface area contributed by atoms with E-state index in [4.69, 9.17) is 0 Å². The van der Waals surface area contributed by atoms with Gasteiger partial charge in [0.25, 0.3) is 5.24 Å². The second-order valence-corrected chi connectivity index (χ2v) is 5.29. The fraction of sp³-hybridized carbons (Fsp3) is 0.727. The second kappa shape index (κ2) is 5.44. The number of thioether (sulfide) groups is 1. The summed E-state index contributed by atoms with van der Waals surface area (Å²) in [7, 11) is 0. The molecule has 2 nitrogen and oxygen atoms in total. The molecule has 0 unspecified atom stereocenters. The molecule has 0 spiro atoms. The Morgan fingerprint density at radius 2 is 2.36 bits per heavy atom. The summed E-state index contributed by atoms with van der Waals surface area (Å²) in [6.07, 6.45) is 5.78. The van der Waals surface area contributed by atoms with Gasteiger partial charge < -0.3 is 5.32 Å². The van der Waals surface area contributed by atoms with Gasteiger partial charge in [-0.2, -0.15) is 0 Å². The summed E-state index contributed by atoms with van der Waals surface area (Å²) in [6.45, 7) is 6.17. The number of nitrogens with one attached hydrogen (secondary N) is 1. The highest BCUT2D eigenvalue weighted by molar-refractivity contribution is 8.16. The lowest BCUT2D eigenvalue weighted by Gasteiger charge is -2.17. The molecular formula is C11H19NOS. The topological polar surface area (TPSA) is 29.1 Å². The maximum atomic E-state index is 11.4. The molecule has 1 aliphatic carbocycles. The second-order valence-electron chi connectivity index (χ2n) is 4.19. The monoisotopic (exact) mass is 213 g/mol. The van der Waals surface area contributed by atoms with Crippen LogP contribution in [0.5, 0.6) is 0 Å². The van der Waals surface area contributed by atoms with E-state index in [9.17, 15) is 4.79 Å². The van der Waals surface area contributed by atoms with Gasteiger partial charge in [0.15, 0.2) is 0 Å². The molecule has 80 valence electrons. The number of carbonyl (C=O) groups excluding carboxylic acids is 1. The van der Waals surface area contributed by atoms with E-state index in [1.54, 1.807) is 0 Å². The van der Waals surface area contributed by atoms with Crippen LogP contribution in [0.3, 0.4) is 0 Å². The lowest BCUT2D eigenvalue weighted by atomic mass is 9.98. The van der Waals surface area contributed by atoms with Crippen LogP contribution in [0, 0.1) is 5.92 Å². The third-order valence-electron chi connectivity index (χ3n) is 2.18. The van der Waals surface area contributed by atoms with Gasteiger partial charge in [-0.25, -0.2) is 0 Å². The molecule has 0 radical (unpaired) electrons. The predicted octanol–water partition coefficient (Wildman–Crippen LogP) is 3.54. The first-order valence-electron chi connectivity index (χ1n) is 5.27. The van der Waals surface area contributed by atoms with E-state index in [1.807, 2.05) is 13.8 Å². The van der Waals surface area contributed by atoms with Crippen molar-refractivity contribution in [1.29, 1.82) is 0 Å². The highest BCUT2D eigenvalue weighted by Gasteiger charge is 2.13. The fourth-order valence-electron chi connectivity index (χ4n) is 1.55. The van der Waals surface area contributed by atoms with Crippen LogP contribution in [0.4, 0.5) is 4.79 Å². The average Bonchev–Trinajstić information content (AvgIpc) is 2.01. The van der Waals surface area contributed by atoms with Crippen LogP contribution in [-0.4, -0.2) is 11.3 Å². The summed E-state index contributed by atoms with van der Waals surface area (Å²) in [4.78, 5) is 12.7. The largest absolute Gasteiger partial charge is 0.345 e. The molecule has 0 saturated heterocycles. The Kier molecular flexibility index (Phi) is 4.52. The molecule has 0 fully saturated rings. The van der Waals surface area contributed by atoms with Gasteiger partial charge in [0.2, 0.25) is 0 Å².